The van der Waals surface area contributed by atoms with E-state index in [1.807, 2.05) is 0 Å². The molecule has 4 nitrogen and oxygen atoms in total. The summed E-state index contributed by atoms with van der Waals surface area (Å²) in [7, 11) is 3.80. The van der Waals surface area contributed by atoms with Crippen LogP contribution in [0.1, 0.15) is 18.4 Å². The lowest BCUT2D eigenvalue weighted by atomic mass is 10.2. The number of fused-ring (bicyclic) bond motifs is 1. The average Bonchev–Trinajstić information content (AvgIpc) is 2.90. The molecule has 0 aliphatic heterocycles. The molecule has 0 N–H and O–H groups in total. The molecule has 1 heterocycles. The number of ether oxygens (including phenoxy) is 1. The van der Waals surface area contributed by atoms with Gasteiger partial charge in [0.25, 0.3) is 0 Å². The predicted octanol–water partition coefficient (Wildman–Crippen LogP) is 2.17. The van der Waals surface area contributed by atoms with Crippen molar-refractivity contribution >= 4 is 18.0 Å². The third-order valence-electron chi connectivity index (χ3n) is 4.28. The SMILES string of the molecule is COCCN(C)c1nn(-c2ccc(C)cc2)c2/c1=C\C=C\CC/C=2. The first kappa shape index (κ1) is 16.5. The normalized spacial score (nSPS) is 17.6. The van der Waals surface area contributed by atoms with Crippen LogP contribution >= 0.6 is 0 Å². The zero-order valence-corrected chi connectivity index (χ0v) is 14.7. The van der Waals surface area contributed by atoms with Crippen LogP contribution in [0.2, 0.25) is 0 Å². The van der Waals surface area contributed by atoms with Crippen LogP contribution in [-0.2, 0) is 4.74 Å². The molecule has 0 fully saturated rings. The first-order chi connectivity index (χ1) is 11.7. The number of methoxy groups -OCH3 is 1. The second kappa shape index (κ2) is 7.49. The number of aryl methyl sites for hydroxylation is 1. The monoisotopic (exact) mass is 323 g/mol. The molecule has 0 radical (unpaired) electrons. The fraction of sp³-hybridized carbons (Fsp3) is 0.350. The van der Waals surface area contributed by atoms with Crippen molar-refractivity contribution < 1.29 is 4.74 Å². The summed E-state index contributed by atoms with van der Waals surface area (Å²) in [5.74, 6) is 0.991. The highest BCUT2D eigenvalue weighted by Gasteiger charge is 2.12. The van der Waals surface area contributed by atoms with Crippen molar-refractivity contribution in [2.24, 2.45) is 0 Å². The summed E-state index contributed by atoms with van der Waals surface area (Å²) >= 11 is 0. The Labute approximate surface area is 143 Å². The maximum absolute atomic E-state index is 5.22. The molecule has 1 aromatic carbocycles. The topological polar surface area (TPSA) is 30.3 Å². The van der Waals surface area contributed by atoms with E-state index < -0.39 is 0 Å². The highest BCUT2D eigenvalue weighted by molar-refractivity contribution is 5.53. The van der Waals surface area contributed by atoms with E-state index >= 15 is 0 Å². The summed E-state index contributed by atoms with van der Waals surface area (Å²) < 4.78 is 7.28. The van der Waals surface area contributed by atoms with Gasteiger partial charge >= 0.3 is 0 Å². The fourth-order valence-electron chi connectivity index (χ4n) is 2.86. The van der Waals surface area contributed by atoms with Crippen LogP contribution in [0.15, 0.2) is 36.4 Å². The molecule has 0 saturated carbocycles. The van der Waals surface area contributed by atoms with Gasteiger partial charge in [-0.25, -0.2) is 4.68 Å². The second-order valence-corrected chi connectivity index (χ2v) is 6.16. The standard InChI is InChI=1S/C20H25N3O/c1-16-10-12-17(13-11-16)23-19-9-7-5-4-6-8-18(19)20(21-23)22(2)14-15-24-3/h4,6,8-13H,5,7,14-15H2,1-3H3/b6-4+,18-8+,19-9-. The highest BCUT2D eigenvalue weighted by Crippen LogP contribution is 2.09. The minimum absolute atomic E-state index is 0.683. The molecule has 1 aliphatic carbocycles. The number of rotatable bonds is 5. The Kier molecular flexibility index (Phi) is 5.16. The highest BCUT2D eigenvalue weighted by atomic mass is 16.5. The van der Waals surface area contributed by atoms with Gasteiger partial charge in [-0.15, -0.1) is 5.10 Å². The Balaban J connectivity index is 2.16. The number of anilines is 1. The molecule has 2 aromatic rings. The van der Waals surface area contributed by atoms with E-state index in [1.165, 1.54) is 16.1 Å². The number of likely N-dealkylation sites (N-methyl/N-ethyl adjacent to an activating group) is 1. The predicted molar refractivity (Wildman–Crippen MR) is 100 cm³/mol. The number of nitrogens with zero attached hydrogens (tertiary/aromatic N) is 3. The van der Waals surface area contributed by atoms with E-state index in [9.17, 15) is 0 Å². The van der Waals surface area contributed by atoms with Crippen LogP contribution in [0.3, 0.4) is 0 Å². The van der Waals surface area contributed by atoms with Gasteiger partial charge in [0, 0.05) is 25.9 Å². The molecule has 4 heteroatoms. The Bertz CT molecular complexity index is 831. The molecule has 1 aromatic heterocycles. The first-order valence-corrected chi connectivity index (χ1v) is 8.44. The van der Waals surface area contributed by atoms with Crippen LogP contribution < -0.4 is 15.5 Å². The number of aromatic nitrogens is 2. The van der Waals surface area contributed by atoms with E-state index in [0.29, 0.717) is 6.61 Å². The molecule has 0 spiro atoms. The molecule has 126 valence electrons. The van der Waals surface area contributed by atoms with Gasteiger partial charge in [0.1, 0.15) is 0 Å². The molecule has 0 unspecified atom stereocenters. The largest absolute Gasteiger partial charge is 0.383 e. The number of allylic oxidation sites excluding steroid dienone is 2. The molecule has 3 rings (SSSR count). The molecular formula is C20H25N3O. The maximum atomic E-state index is 5.22. The van der Waals surface area contributed by atoms with E-state index in [2.05, 4.69) is 72.1 Å². The van der Waals surface area contributed by atoms with Gasteiger partial charge in [-0.05, 0) is 38.0 Å². The fourth-order valence-corrected chi connectivity index (χ4v) is 2.86. The summed E-state index contributed by atoms with van der Waals surface area (Å²) in [6, 6.07) is 8.52. The minimum atomic E-state index is 0.683. The van der Waals surface area contributed by atoms with Gasteiger partial charge in [0.05, 0.1) is 17.6 Å². The lowest BCUT2D eigenvalue weighted by Crippen LogP contribution is -2.33. The van der Waals surface area contributed by atoms with Gasteiger partial charge in [-0.2, -0.15) is 0 Å². The molecular weight excluding hydrogens is 298 g/mol. The van der Waals surface area contributed by atoms with Crippen LogP contribution in [0.25, 0.3) is 17.8 Å². The van der Waals surface area contributed by atoms with E-state index in [-0.39, 0.29) is 0 Å². The van der Waals surface area contributed by atoms with Crippen molar-refractivity contribution in [3.05, 3.63) is 52.5 Å². The van der Waals surface area contributed by atoms with Crippen LogP contribution in [0, 0.1) is 6.92 Å². The minimum Gasteiger partial charge on any atom is -0.383 e. The quantitative estimate of drug-likeness (QED) is 0.845. The zero-order chi connectivity index (χ0) is 16.9. The Hall–Kier alpha value is -2.33. The van der Waals surface area contributed by atoms with Crippen LogP contribution in [0.4, 0.5) is 5.82 Å². The zero-order valence-electron chi connectivity index (χ0n) is 14.7. The Morgan fingerprint density at radius 1 is 1.21 bits per heavy atom. The third kappa shape index (κ3) is 3.44. The van der Waals surface area contributed by atoms with E-state index in [0.717, 1.165) is 30.9 Å². The average molecular weight is 323 g/mol. The van der Waals surface area contributed by atoms with Gasteiger partial charge in [0.15, 0.2) is 5.82 Å². The molecule has 0 saturated heterocycles. The van der Waals surface area contributed by atoms with Crippen molar-refractivity contribution in [1.29, 1.82) is 0 Å². The number of benzene rings is 1. The second-order valence-electron chi connectivity index (χ2n) is 6.16. The third-order valence-corrected chi connectivity index (χ3v) is 4.28. The molecule has 0 amide bonds. The molecule has 0 atom stereocenters. The van der Waals surface area contributed by atoms with E-state index in [1.54, 1.807) is 7.11 Å². The van der Waals surface area contributed by atoms with Crippen molar-refractivity contribution in [2.45, 2.75) is 19.8 Å². The van der Waals surface area contributed by atoms with Crippen molar-refractivity contribution in [1.82, 2.24) is 9.78 Å². The summed E-state index contributed by atoms with van der Waals surface area (Å²) in [5, 5.41) is 7.26. The van der Waals surface area contributed by atoms with Crippen LogP contribution in [0.5, 0.6) is 0 Å². The first-order valence-electron chi connectivity index (χ1n) is 8.44. The van der Waals surface area contributed by atoms with Gasteiger partial charge in [-0.1, -0.05) is 35.9 Å². The Morgan fingerprint density at radius 3 is 2.75 bits per heavy atom. The molecule has 1 aliphatic rings. The van der Waals surface area contributed by atoms with Gasteiger partial charge in [0.2, 0.25) is 0 Å². The maximum Gasteiger partial charge on any atom is 0.158 e. The molecule has 24 heavy (non-hydrogen) atoms. The van der Waals surface area contributed by atoms with Crippen molar-refractivity contribution in [3.8, 4) is 5.69 Å². The summed E-state index contributed by atoms with van der Waals surface area (Å²) in [6.07, 6.45) is 10.9. The Morgan fingerprint density at radius 2 is 2.00 bits per heavy atom. The van der Waals surface area contributed by atoms with Crippen molar-refractivity contribution in [2.75, 3.05) is 32.2 Å². The number of hydrogen-bond acceptors (Lipinski definition) is 3. The van der Waals surface area contributed by atoms with Crippen molar-refractivity contribution in [3.63, 3.8) is 0 Å². The number of hydrogen-bond donors (Lipinski definition) is 0. The smallest absolute Gasteiger partial charge is 0.158 e. The summed E-state index contributed by atoms with van der Waals surface area (Å²) in [4.78, 5) is 2.16. The van der Waals surface area contributed by atoms with Crippen LogP contribution in [-0.4, -0.2) is 37.1 Å². The van der Waals surface area contributed by atoms with E-state index in [4.69, 9.17) is 9.84 Å². The molecule has 0 bridgehead atoms. The lowest BCUT2D eigenvalue weighted by molar-refractivity contribution is 0.206. The van der Waals surface area contributed by atoms with Gasteiger partial charge in [-0.3, -0.25) is 0 Å². The summed E-state index contributed by atoms with van der Waals surface area (Å²) in [6.45, 7) is 3.60. The van der Waals surface area contributed by atoms with Gasteiger partial charge < -0.3 is 9.64 Å². The lowest BCUT2D eigenvalue weighted by Gasteiger charge is -2.15. The summed E-state index contributed by atoms with van der Waals surface area (Å²) in [5.41, 5.74) is 2.35.